The first-order valence-corrected chi connectivity index (χ1v) is 4.91. The van der Waals surface area contributed by atoms with Crippen LogP contribution in [0.3, 0.4) is 0 Å². The van der Waals surface area contributed by atoms with Crippen LogP contribution in [-0.2, 0) is 9.53 Å². The fraction of sp³-hybridized carbons (Fsp3) is 0.571. The van der Waals surface area contributed by atoms with Gasteiger partial charge in [0.1, 0.15) is 0 Å². The lowest BCUT2D eigenvalue weighted by Crippen LogP contribution is -2.27. The molecule has 0 aliphatic rings. The smallest absolute Gasteiger partial charge is 0.337 e. The summed E-state index contributed by atoms with van der Waals surface area (Å²) in [6.45, 7) is 1.71. The van der Waals surface area contributed by atoms with Crippen LogP contribution in [-0.4, -0.2) is 22.9 Å². The molecule has 0 unspecified atom stereocenters. The van der Waals surface area contributed by atoms with Crippen molar-refractivity contribution in [3.05, 3.63) is 11.3 Å². The van der Waals surface area contributed by atoms with Gasteiger partial charge in [-0.3, -0.25) is 0 Å². The van der Waals surface area contributed by atoms with Crippen LogP contribution in [0, 0.1) is 0 Å². The number of ether oxygens (including phenoxy) is 1. The number of alkyl halides is 3. The van der Waals surface area contributed by atoms with Crippen LogP contribution in [0.1, 0.15) is 6.92 Å². The van der Waals surface area contributed by atoms with Gasteiger partial charge in [0.15, 0.2) is 0 Å². The van der Waals surface area contributed by atoms with Gasteiger partial charge in [0.05, 0.1) is 17.9 Å². The Morgan fingerprint density at radius 1 is 1.43 bits per heavy atom. The second kappa shape index (κ2) is 5.66. The largest absolute Gasteiger partial charge is 0.463 e. The van der Waals surface area contributed by atoms with Crippen LogP contribution in [0.5, 0.6) is 0 Å². The Morgan fingerprint density at radius 2 is 1.93 bits per heavy atom. The number of carbonyl (C=O) groups excluding carboxylic acids is 1. The second-order valence-corrected chi connectivity index (χ2v) is 4.60. The van der Waals surface area contributed by atoms with Crippen molar-refractivity contribution < 1.29 is 9.53 Å². The SMILES string of the molecule is CCOC(=O)/C(CN)=C(\N)C(Cl)(Cl)Cl. The van der Waals surface area contributed by atoms with Gasteiger partial charge in [-0.05, 0) is 6.92 Å². The highest BCUT2D eigenvalue weighted by molar-refractivity contribution is 6.69. The Kier molecular flexibility index (Phi) is 5.59. The van der Waals surface area contributed by atoms with Crippen LogP contribution >= 0.6 is 34.8 Å². The van der Waals surface area contributed by atoms with Crippen LogP contribution in [0.4, 0.5) is 0 Å². The highest BCUT2D eigenvalue weighted by atomic mass is 35.6. The number of hydrogen-bond donors (Lipinski definition) is 2. The first kappa shape index (κ1) is 13.8. The van der Waals surface area contributed by atoms with Crippen LogP contribution in [0.15, 0.2) is 11.3 Å². The summed E-state index contributed by atoms with van der Waals surface area (Å²) in [7, 11) is 0. The summed E-state index contributed by atoms with van der Waals surface area (Å²) < 4.78 is 2.83. The average Bonchev–Trinajstić information content (AvgIpc) is 2.04. The minimum atomic E-state index is -1.85. The van der Waals surface area contributed by atoms with E-state index in [2.05, 4.69) is 4.74 Å². The molecule has 0 heterocycles. The molecule has 0 saturated heterocycles. The molecule has 0 fully saturated rings. The molecule has 0 aliphatic carbocycles. The third-order valence-corrected chi connectivity index (χ3v) is 1.97. The lowest BCUT2D eigenvalue weighted by atomic mass is 10.2. The Balaban J connectivity index is 4.94. The summed E-state index contributed by atoms with van der Waals surface area (Å²) in [5.41, 5.74) is 10.5. The molecular weight excluding hydrogens is 250 g/mol. The van der Waals surface area contributed by atoms with Gasteiger partial charge in [-0.2, -0.15) is 0 Å². The van der Waals surface area contributed by atoms with Gasteiger partial charge in [0, 0.05) is 6.54 Å². The summed E-state index contributed by atoms with van der Waals surface area (Å²) in [5, 5.41) is 0. The standard InChI is InChI=1S/C7H11Cl3N2O2/c1-2-14-6(13)4(3-11)5(12)7(8,9)10/h2-3,11-12H2,1H3/b5-4-. The molecular formula is C7H11Cl3N2O2. The van der Waals surface area contributed by atoms with Gasteiger partial charge in [-0.15, -0.1) is 0 Å². The average molecular weight is 262 g/mol. The van der Waals surface area contributed by atoms with E-state index in [1.54, 1.807) is 6.92 Å². The van der Waals surface area contributed by atoms with E-state index in [4.69, 9.17) is 46.3 Å². The van der Waals surface area contributed by atoms with E-state index in [9.17, 15) is 4.79 Å². The number of hydrogen-bond acceptors (Lipinski definition) is 4. The molecule has 0 aromatic carbocycles. The molecule has 0 spiro atoms. The van der Waals surface area contributed by atoms with Gasteiger partial charge in [-0.25, -0.2) is 4.79 Å². The predicted molar refractivity (Wildman–Crippen MR) is 57.2 cm³/mol. The van der Waals surface area contributed by atoms with Crippen LogP contribution in [0.2, 0.25) is 0 Å². The molecule has 4 nitrogen and oxygen atoms in total. The molecule has 0 bridgehead atoms. The lowest BCUT2D eigenvalue weighted by Gasteiger charge is -2.15. The summed E-state index contributed by atoms with van der Waals surface area (Å²) in [6, 6.07) is 0. The van der Waals surface area contributed by atoms with Crippen LogP contribution in [0.25, 0.3) is 0 Å². The van der Waals surface area contributed by atoms with E-state index in [0.717, 1.165) is 0 Å². The van der Waals surface area contributed by atoms with Crippen LogP contribution < -0.4 is 11.5 Å². The van der Waals surface area contributed by atoms with Crippen molar-refractivity contribution in [3.8, 4) is 0 Å². The van der Waals surface area contributed by atoms with Crippen molar-refractivity contribution in [2.45, 2.75) is 10.7 Å². The molecule has 7 heteroatoms. The molecule has 0 aromatic heterocycles. The Hall–Kier alpha value is -0.160. The minimum absolute atomic E-state index is 0.0214. The molecule has 4 N–H and O–H groups in total. The van der Waals surface area contributed by atoms with Crippen molar-refractivity contribution in [2.75, 3.05) is 13.2 Å². The highest BCUT2D eigenvalue weighted by Crippen LogP contribution is 2.33. The minimum Gasteiger partial charge on any atom is -0.463 e. The number of halogens is 3. The monoisotopic (exact) mass is 260 g/mol. The highest BCUT2D eigenvalue weighted by Gasteiger charge is 2.29. The van der Waals surface area contributed by atoms with Gasteiger partial charge < -0.3 is 16.2 Å². The summed E-state index contributed by atoms with van der Waals surface area (Å²) >= 11 is 16.5. The maximum absolute atomic E-state index is 11.2. The maximum Gasteiger partial charge on any atom is 0.337 e. The summed E-state index contributed by atoms with van der Waals surface area (Å²) in [5.74, 6) is -0.668. The van der Waals surface area contributed by atoms with E-state index >= 15 is 0 Å². The third-order valence-electron chi connectivity index (χ3n) is 1.36. The number of allylic oxidation sites excluding steroid dienone is 1. The number of nitrogens with two attached hydrogens (primary N) is 2. The zero-order valence-corrected chi connectivity index (χ0v) is 9.79. The Morgan fingerprint density at radius 3 is 2.21 bits per heavy atom. The topological polar surface area (TPSA) is 78.3 Å². The molecule has 0 atom stereocenters. The van der Waals surface area contributed by atoms with Crippen molar-refractivity contribution in [3.63, 3.8) is 0 Å². The van der Waals surface area contributed by atoms with Gasteiger partial charge in [0.2, 0.25) is 3.79 Å². The Labute approximate surface area is 97.1 Å². The molecule has 0 amide bonds. The first-order valence-electron chi connectivity index (χ1n) is 3.77. The number of rotatable bonds is 3. The van der Waals surface area contributed by atoms with Crippen molar-refractivity contribution >= 4 is 40.8 Å². The lowest BCUT2D eigenvalue weighted by molar-refractivity contribution is -0.138. The molecule has 0 saturated carbocycles. The van der Waals surface area contributed by atoms with E-state index < -0.39 is 9.76 Å². The van der Waals surface area contributed by atoms with Crippen molar-refractivity contribution in [1.82, 2.24) is 0 Å². The molecule has 0 aromatic rings. The normalized spacial score (nSPS) is 13.5. The summed E-state index contributed by atoms with van der Waals surface area (Å²) in [6.07, 6.45) is 0. The first-order chi connectivity index (χ1) is 6.34. The Bertz CT molecular complexity index is 248. The maximum atomic E-state index is 11.2. The fourth-order valence-electron chi connectivity index (χ4n) is 0.693. The summed E-state index contributed by atoms with van der Waals surface area (Å²) in [4.78, 5) is 11.2. The molecule has 14 heavy (non-hydrogen) atoms. The van der Waals surface area contributed by atoms with Gasteiger partial charge in [-0.1, -0.05) is 34.8 Å². The molecule has 82 valence electrons. The quantitative estimate of drug-likeness (QED) is 0.453. The van der Waals surface area contributed by atoms with Gasteiger partial charge >= 0.3 is 5.97 Å². The molecule has 0 rings (SSSR count). The predicted octanol–water partition coefficient (Wildman–Crippen LogP) is 1.09. The zero-order chi connectivity index (χ0) is 11.4. The van der Waals surface area contributed by atoms with E-state index in [1.165, 1.54) is 0 Å². The molecule has 0 aliphatic heterocycles. The van der Waals surface area contributed by atoms with Gasteiger partial charge in [0.25, 0.3) is 0 Å². The number of carbonyl (C=O) groups is 1. The molecule has 0 radical (unpaired) electrons. The fourth-order valence-corrected chi connectivity index (χ4v) is 1.03. The van der Waals surface area contributed by atoms with E-state index in [-0.39, 0.29) is 24.4 Å². The van der Waals surface area contributed by atoms with E-state index in [1.807, 2.05) is 0 Å². The second-order valence-electron chi connectivity index (χ2n) is 2.31. The zero-order valence-electron chi connectivity index (χ0n) is 7.52. The van der Waals surface area contributed by atoms with E-state index in [0.29, 0.717) is 0 Å². The third kappa shape index (κ3) is 3.92. The number of esters is 1. The van der Waals surface area contributed by atoms with Crippen molar-refractivity contribution in [2.24, 2.45) is 11.5 Å². The van der Waals surface area contributed by atoms with Crippen molar-refractivity contribution in [1.29, 1.82) is 0 Å².